The molecule has 0 spiro atoms. The first-order valence-electron chi connectivity index (χ1n) is 17.0. The minimum absolute atomic E-state index is 0.718. The first kappa shape index (κ1) is 27.0. The number of hydrogen-bond donors (Lipinski definition) is 0. The maximum atomic E-state index is 5.72. The summed E-state index contributed by atoms with van der Waals surface area (Å²) in [6.45, 7) is 4.97. The average Bonchev–Trinajstić information content (AvgIpc) is 3.75. The molecule has 4 heterocycles. The zero-order valence-corrected chi connectivity index (χ0v) is 28.1. The van der Waals surface area contributed by atoms with Gasteiger partial charge in [-0.25, -0.2) is 4.98 Å². The van der Waals surface area contributed by atoms with Crippen LogP contribution in [0.5, 0.6) is 0 Å². The molecule has 0 saturated heterocycles. The van der Waals surface area contributed by atoms with Gasteiger partial charge in [-0.15, -0.1) is 0 Å². The minimum Gasteiger partial charge on any atom is -0.293 e. The second-order valence-electron chi connectivity index (χ2n) is 13.8. The molecule has 0 saturated carbocycles. The molecular formula is C44H30N4Si. The van der Waals surface area contributed by atoms with Crippen molar-refractivity contribution in [3.63, 3.8) is 0 Å². The zero-order chi connectivity index (χ0) is 32.4. The van der Waals surface area contributed by atoms with Crippen LogP contribution in [0.2, 0.25) is 13.1 Å². The number of nitrogens with zero attached hydrogens (tertiary/aromatic N) is 4. The van der Waals surface area contributed by atoms with E-state index in [1.54, 1.807) is 0 Å². The quantitative estimate of drug-likeness (QED) is 0.139. The molecule has 4 nitrogen and oxygen atoms in total. The smallest absolute Gasteiger partial charge is 0.236 e. The van der Waals surface area contributed by atoms with Gasteiger partial charge in [-0.1, -0.05) is 134 Å². The summed E-state index contributed by atoms with van der Waals surface area (Å²) in [4.78, 5) is 11.4. The van der Waals surface area contributed by atoms with Crippen LogP contribution < -0.4 is 10.5 Å². The van der Waals surface area contributed by atoms with Crippen LogP contribution in [-0.4, -0.2) is 27.2 Å². The van der Waals surface area contributed by atoms with Crippen molar-refractivity contribution in [2.24, 2.45) is 0 Å². The predicted octanol–water partition coefficient (Wildman–Crippen LogP) is 9.78. The SMILES string of the molecule is C[Si]1(C)c2nc(-n3c4ccccc4c4ccccc43)nc(-n3c4ccccc4c4ccccc43)c2-c2c1c1ccccc1c1ccccc21. The molecule has 10 aromatic rings. The van der Waals surface area contributed by atoms with Gasteiger partial charge in [0.2, 0.25) is 5.95 Å². The number of aromatic nitrogens is 4. The van der Waals surface area contributed by atoms with Crippen molar-refractivity contribution in [2.75, 3.05) is 0 Å². The molecule has 1 aliphatic rings. The van der Waals surface area contributed by atoms with Gasteiger partial charge in [0.05, 0.1) is 22.1 Å². The molecule has 3 aromatic heterocycles. The Morgan fingerprint density at radius 3 is 1.29 bits per heavy atom. The summed E-state index contributed by atoms with van der Waals surface area (Å²) in [5.74, 6) is 1.66. The van der Waals surface area contributed by atoms with E-state index in [0.717, 1.165) is 33.8 Å². The second-order valence-corrected chi connectivity index (χ2v) is 18.0. The Balaban J connectivity index is 1.38. The van der Waals surface area contributed by atoms with E-state index in [9.17, 15) is 0 Å². The van der Waals surface area contributed by atoms with Gasteiger partial charge in [-0.3, -0.25) is 9.13 Å². The number of fused-ring (bicyclic) bond motifs is 14. The lowest BCUT2D eigenvalue weighted by Gasteiger charge is -2.21. The number of para-hydroxylation sites is 4. The number of benzene rings is 7. The minimum atomic E-state index is -2.40. The molecule has 0 bridgehead atoms. The van der Waals surface area contributed by atoms with E-state index in [-0.39, 0.29) is 0 Å². The molecule has 0 radical (unpaired) electrons. The van der Waals surface area contributed by atoms with E-state index in [2.05, 4.69) is 168 Å². The molecular weight excluding hydrogens is 613 g/mol. The third-order valence-electron chi connectivity index (χ3n) is 10.9. The van der Waals surface area contributed by atoms with Crippen LogP contribution in [0.15, 0.2) is 146 Å². The first-order chi connectivity index (χ1) is 24.1. The standard InChI is InChI=1S/C44H30N4Si/c1-49(2)41-34-22-6-4-16-28(34)27-15-3-5-21-33(27)39(41)40-42(47-35-23-11-7-17-29(35)30-18-8-12-24-36(30)47)45-44(46-43(40)49)48-37-25-13-9-19-31(37)32-20-10-14-26-38(32)48/h3-26H,1-2H3. The second kappa shape index (κ2) is 9.53. The van der Waals surface area contributed by atoms with E-state index >= 15 is 0 Å². The summed E-state index contributed by atoms with van der Waals surface area (Å²) in [7, 11) is -2.40. The van der Waals surface area contributed by atoms with Gasteiger partial charge in [0.15, 0.2) is 5.82 Å². The summed E-state index contributed by atoms with van der Waals surface area (Å²) < 4.78 is 4.69. The Bertz CT molecular complexity index is 2930. The lowest BCUT2D eigenvalue weighted by molar-refractivity contribution is 0.962. The fourth-order valence-corrected chi connectivity index (χ4v) is 12.1. The Morgan fingerprint density at radius 2 is 0.776 bits per heavy atom. The zero-order valence-electron chi connectivity index (χ0n) is 27.1. The lowest BCUT2D eigenvalue weighted by atomic mass is 9.94. The molecule has 0 aliphatic carbocycles. The number of hydrogen-bond acceptors (Lipinski definition) is 2. The van der Waals surface area contributed by atoms with Crippen LogP contribution in [0.1, 0.15) is 0 Å². The van der Waals surface area contributed by atoms with E-state index in [1.807, 2.05) is 0 Å². The molecule has 0 fully saturated rings. The fourth-order valence-electron chi connectivity index (χ4n) is 8.84. The molecule has 0 N–H and O–H groups in total. The first-order valence-corrected chi connectivity index (χ1v) is 20.0. The van der Waals surface area contributed by atoms with Crippen LogP contribution >= 0.6 is 0 Å². The van der Waals surface area contributed by atoms with Crippen LogP contribution in [0.4, 0.5) is 0 Å². The van der Waals surface area contributed by atoms with E-state index in [4.69, 9.17) is 9.97 Å². The van der Waals surface area contributed by atoms with Gasteiger partial charge in [0.1, 0.15) is 8.07 Å². The normalized spacial score (nSPS) is 13.7. The van der Waals surface area contributed by atoms with Gasteiger partial charge < -0.3 is 0 Å². The third-order valence-corrected chi connectivity index (χ3v) is 14.2. The van der Waals surface area contributed by atoms with Crippen molar-refractivity contribution >= 4 is 83.7 Å². The maximum Gasteiger partial charge on any atom is 0.236 e. The topological polar surface area (TPSA) is 35.6 Å². The van der Waals surface area contributed by atoms with Crippen LogP contribution in [0, 0.1) is 0 Å². The van der Waals surface area contributed by atoms with Crippen LogP contribution in [0.25, 0.3) is 88.0 Å². The molecule has 49 heavy (non-hydrogen) atoms. The van der Waals surface area contributed by atoms with Gasteiger partial charge in [0, 0.05) is 32.4 Å². The van der Waals surface area contributed by atoms with Crippen molar-refractivity contribution in [2.45, 2.75) is 13.1 Å². The van der Waals surface area contributed by atoms with Gasteiger partial charge in [0.25, 0.3) is 0 Å². The molecule has 0 amide bonds. The number of rotatable bonds is 2. The van der Waals surface area contributed by atoms with Crippen molar-refractivity contribution in [3.8, 4) is 22.9 Å². The summed E-state index contributed by atoms with van der Waals surface area (Å²) in [6.07, 6.45) is 0. The van der Waals surface area contributed by atoms with Gasteiger partial charge in [-0.2, -0.15) is 4.98 Å². The molecule has 5 heteroatoms. The van der Waals surface area contributed by atoms with Crippen molar-refractivity contribution < 1.29 is 0 Å². The highest BCUT2D eigenvalue weighted by Crippen LogP contribution is 2.43. The Kier molecular flexibility index (Phi) is 5.24. The Morgan fingerprint density at radius 1 is 0.388 bits per heavy atom. The summed E-state index contributed by atoms with van der Waals surface area (Å²) >= 11 is 0. The highest BCUT2D eigenvalue weighted by Gasteiger charge is 2.44. The van der Waals surface area contributed by atoms with Crippen LogP contribution in [0.3, 0.4) is 0 Å². The summed E-state index contributed by atoms with van der Waals surface area (Å²) in [5, 5.41) is 12.7. The molecule has 0 atom stereocenters. The summed E-state index contributed by atoms with van der Waals surface area (Å²) in [6, 6.07) is 52.7. The summed E-state index contributed by atoms with van der Waals surface area (Å²) in [5.41, 5.74) is 6.99. The Labute approximate surface area is 283 Å². The van der Waals surface area contributed by atoms with E-state index in [0.29, 0.717) is 0 Å². The van der Waals surface area contributed by atoms with Crippen molar-refractivity contribution in [1.29, 1.82) is 0 Å². The monoisotopic (exact) mass is 642 g/mol. The average molecular weight is 643 g/mol. The van der Waals surface area contributed by atoms with Crippen molar-refractivity contribution in [1.82, 2.24) is 19.1 Å². The predicted molar refractivity (Wildman–Crippen MR) is 208 cm³/mol. The van der Waals surface area contributed by atoms with Crippen molar-refractivity contribution in [3.05, 3.63) is 146 Å². The van der Waals surface area contributed by atoms with E-state index < -0.39 is 8.07 Å². The highest BCUT2D eigenvalue weighted by atomic mass is 28.3. The highest BCUT2D eigenvalue weighted by molar-refractivity contribution is 7.05. The fraction of sp³-hybridized carbons (Fsp3) is 0.0455. The largest absolute Gasteiger partial charge is 0.293 e. The van der Waals surface area contributed by atoms with E-state index in [1.165, 1.54) is 64.7 Å². The molecule has 11 rings (SSSR count). The third kappa shape index (κ3) is 3.42. The van der Waals surface area contributed by atoms with Crippen LogP contribution in [-0.2, 0) is 0 Å². The molecule has 230 valence electrons. The molecule has 0 unspecified atom stereocenters. The lowest BCUT2D eigenvalue weighted by Crippen LogP contribution is -2.51. The van der Waals surface area contributed by atoms with Gasteiger partial charge >= 0.3 is 0 Å². The van der Waals surface area contributed by atoms with Gasteiger partial charge in [-0.05, 0) is 56.6 Å². The molecule has 1 aliphatic heterocycles. The maximum absolute atomic E-state index is 5.72. The molecule has 7 aromatic carbocycles. The Hall–Kier alpha value is -6.04.